The number of anilines is 1. The number of aryl methyl sites for hydroxylation is 2. The molecule has 8 nitrogen and oxygen atoms in total. The van der Waals surface area contributed by atoms with Gasteiger partial charge in [0.15, 0.2) is 6.61 Å². The minimum absolute atomic E-state index is 0.0679. The van der Waals surface area contributed by atoms with Gasteiger partial charge in [-0.25, -0.2) is 4.79 Å². The summed E-state index contributed by atoms with van der Waals surface area (Å²) in [6.45, 7) is 3.58. The Labute approximate surface area is 161 Å². The van der Waals surface area contributed by atoms with Crippen molar-refractivity contribution in [2.24, 2.45) is 0 Å². The topological polar surface area (TPSA) is 104 Å². The van der Waals surface area contributed by atoms with E-state index in [-0.39, 0.29) is 12.5 Å². The van der Waals surface area contributed by atoms with E-state index in [0.717, 1.165) is 5.56 Å². The summed E-state index contributed by atoms with van der Waals surface area (Å²) in [5.74, 6) is 0.351. The fourth-order valence-electron chi connectivity index (χ4n) is 2.51. The number of methoxy groups -OCH3 is 1. The highest BCUT2D eigenvalue weighted by atomic mass is 16.5. The lowest BCUT2D eigenvalue weighted by molar-refractivity contribution is 0.0600. The molecule has 1 N–H and O–H groups in total. The van der Waals surface area contributed by atoms with Crippen LogP contribution in [0.1, 0.15) is 38.0 Å². The monoisotopic (exact) mass is 381 g/mol. The number of rotatable bonds is 6. The van der Waals surface area contributed by atoms with E-state index in [1.54, 1.807) is 49.4 Å². The summed E-state index contributed by atoms with van der Waals surface area (Å²) in [5, 5.41) is 6.58. The molecule has 0 saturated heterocycles. The lowest BCUT2D eigenvalue weighted by atomic mass is 10.1. The number of hydrogen-bond acceptors (Lipinski definition) is 7. The van der Waals surface area contributed by atoms with Gasteiger partial charge < -0.3 is 19.3 Å². The first kappa shape index (κ1) is 19.1. The van der Waals surface area contributed by atoms with Crippen molar-refractivity contribution < 1.29 is 23.6 Å². The maximum atomic E-state index is 12.8. The van der Waals surface area contributed by atoms with Gasteiger partial charge in [0.25, 0.3) is 5.91 Å². The van der Waals surface area contributed by atoms with E-state index < -0.39 is 5.97 Å². The maximum Gasteiger partial charge on any atom is 0.337 e. The SMILES string of the molecule is COC(=O)c1ccc(C)c(NC(=O)c2ccccc2OCc2noc(C)n2)c1. The fourth-order valence-corrected chi connectivity index (χ4v) is 2.51. The number of hydrogen-bond donors (Lipinski definition) is 1. The molecule has 0 aliphatic carbocycles. The van der Waals surface area contributed by atoms with Crippen molar-refractivity contribution in [3.05, 3.63) is 70.9 Å². The Balaban J connectivity index is 1.79. The highest BCUT2D eigenvalue weighted by Gasteiger charge is 2.16. The summed E-state index contributed by atoms with van der Waals surface area (Å²) < 4.78 is 15.3. The van der Waals surface area contributed by atoms with E-state index >= 15 is 0 Å². The highest BCUT2D eigenvalue weighted by molar-refractivity contribution is 6.07. The largest absolute Gasteiger partial charge is 0.485 e. The number of para-hydroxylation sites is 1. The van der Waals surface area contributed by atoms with Crippen molar-refractivity contribution in [3.63, 3.8) is 0 Å². The summed E-state index contributed by atoms with van der Waals surface area (Å²) in [6.07, 6.45) is 0. The number of nitrogens with one attached hydrogen (secondary N) is 1. The molecule has 1 heterocycles. The number of carbonyl (C=O) groups excluding carboxylic acids is 2. The quantitative estimate of drug-likeness (QED) is 0.653. The van der Waals surface area contributed by atoms with Crippen LogP contribution in [0.2, 0.25) is 0 Å². The highest BCUT2D eigenvalue weighted by Crippen LogP contribution is 2.23. The molecule has 0 aliphatic heterocycles. The van der Waals surface area contributed by atoms with Crippen molar-refractivity contribution in [2.75, 3.05) is 12.4 Å². The van der Waals surface area contributed by atoms with Crippen LogP contribution in [0.15, 0.2) is 47.0 Å². The Morgan fingerprint density at radius 3 is 2.64 bits per heavy atom. The predicted molar refractivity (Wildman–Crippen MR) is 100 cm³/mol. The van der Waals surface area contributed by atoms with Crippen molar-refractivity contribution in [2.45, 2.75) is 20.5 Å². The van der Waals surface area contributed by atoms with Crippen LogP contribution < -0.4 is 10.1 Å². The Hall–Kier alpha value is -3.68. The van der Waals surface area contributed by atoms with Crippen LogP contribution >= 0.6 is 0 Å². The zero-order chi connectivity index (χ0) is 20.1. The summed E-state index contributed by atoms with van der Waals surface area (Å²) in [4.78, 5) is 28.6. The summed E-state index contributed by atoms with van der Waals surface area (Å²) >= 11 is 0. The van der Waals surface area contributed by atoms with Crippen molar-refractivity contribution in [3.8, 4) is 5.75 Å². The van der Waals surface area contributed by atoms with E-state index in [1.165, 1.54) is 7.11 Å². The van der Waals surface area contributed by atoms with Crippen LogP contribution in [-0.2, 0) is 11.3 Å². The third-order valence-corrected chi connectivity index (χ3v) is 3.96. The molecular formula is C20H19N3O5. The van der Waals surface area contributed by atoms with Gasteiger partial charge in [0.05, 0.1) is 18.2 Å². The predicted octanol–water partition coefficient (Wildman–Crippen LogP) is 3.30. The molecule has 3 rings (SSSR count). The minimum Gasteiger partial charge on any atom is -0.485 e. The van der Waals surface area contributed by atoms with Gasteiger partial charge in [-0.15, -0.1) is 0 Å². The molecule has 0 spiro atoms. The van der Waals surface area contributed by atoms with Gasteiger partial charge in [0.2, 0.25) is 11.7 Å². The maximum absolute atomic E-state index is 12.8. The molecule has 0 saturated carbocycles. The van der Waals surface area contributed by atoms with E-state index in [4.69, 9.17) is 14.0 Å². The molecule has 0 atom stereocenters. The molecule has 1 aromatic heterocycles. The molecule has 8 heteroatoms. The Morgan fingerprint density at radius 1 is 1.14 bits per heavy atom. The van der Waals surface area contributed by atoms with Crippen LogP contribution in [0.4, 0.5) is 5.69 Å². The second kappa shape index (κ2) is 8.34. The Kier molecular flexibility index (Phi) is 5.69. The molecule has 2 aromatic carbocycles. The molecule has 1 amide bonds. The first-order valence-corrected chi connectivity index (χ1v) is 8.49. The number of aromatic nitrogens is 2. The number of carbonyl (C=O) groups is 2. The zero-order valence-electron chi connectivity index (χ0n) is 15.7. The molecule has 0 radical (unpaired) electrons. The first-order valence-electron chi connectivity index (χ1n) is 8.49. The van der Waals surface area contributed by atoms with Crippen LogP contribution in [-0.4, -0.2) is 29.1 Å². The van der Waals surface area contributed by atoms with Crippen LogP contribution in [0.25, 0.3) is 0 Å². The van der Waals surface area contributed by atoms with Gasteiger partial charge in [-0.05, 0) is 36.8 Å². The average molecular weight is 381 g/mol. The Morgan fingerprint density at radius 2 is 1.93 bits per heavy atom. The lowest BCUT2D eigenvalue weighted by Crippen LogP contribution is -2.15. The number of amides is 1. The summed E-state index contributed by atoms with van der Waals surface area (Å²) in [7, 11) is 1.30. The van der Waals surface area contributed by atoms with E-state index in [1.807, 2.05) is 6.92 Å². The van der Waals surface area contributed by atoms with Gasteiger partial charge >= 0.3 is 5.97 Å². The first-order chi connectivity index (χ1) is 13.5. The minimum atomic E-state index is -0.477. The average Bonchev–Trinajstić information content (AvgIpc) is 3.12. The van der Waals surface area contributed by atoms with Gasteiger partial charge in [-0.1, -0.05) is 23.4 Å². The number of benzene rings is 2. The summed E-state index contributed by atoms with van der Waals surface area (Å²) in [5.41, 5.74) is 2.00. The normalized spacial score (nSPS) is 10.4. The molecule has 0 fully saturated rings. The zero-order valence-corrected chi connectivity index (χ0v) is 15.7. The van der Waals surface area contributed by atoms with Crippen LogP contribution in [0.5, 0.6) is 5.75 Å². The molecular weight excluding hydrogens is 362 g/mol. The second-order valence-corrected chi connectivity index (χ2v) is 5.99. The van der Waals surface area contributed by atoms with Gasteiger partial charge in [-0.2, -0.15) is 4.98 Å². The molecule has 28 heavy (non-hydrogen) atoms. The van der Waals surface area contributed by atoms with Crippen LogP contribution in [0, 0.1) is 13.8 Å². The van der Waals surface area contributed by atoms with E-state index in [0.29, 0.717) is 34.3 Å². The van der Waals surface area contributed by atoms with Crippen molar-refractivity contribution in [1.29, 1.82) is 0 Å². The fraction of sp³-hybridized carbons (Fsp3) is 0.200. The number of nitrogens with zero attached hydrogens (tertiary/aromatic N) is 2. The van der Waals surface area contributed by atoms with Crippen molar-refractivity contribution >= 4 is 17.6 Å². The number of ether oxygens (including phenoxy) is 2. The van der Waals surface area contributed by atoms with Gasteiger partial charge in [-0.3, -0.25) is 4.79 Å². The molecule has 3 aromatic rings. The second-order valence-electron chi connectivity index (χ2n) is 5.99. The third kappa shape index (κ3) is 4.35. The van der Waals surface area contributed by atoms with Crippen LogP contribution in [0.3, 0.4) is 0 Å². The summed E-state index contributed by atoms with van der Waals surface area (Å²) in [6, 6.07) is 11.8. The molecule has 0 bridgehead atoms. The molecule has 0 aliphatic rings. The lowest BCUT2D eigenvalue weighted by Gasteiger charge is -2.13. The van der Waals surface area contributed by atoms with E-state index in [2.05, 4.69) is 15.5 Å². The number of esters is 1. The third-order valence-electron chi connectivity index (χ3n) is 3.96. The molecule has 144 valence electrons. The molecule has 0 unspecified atom stereocenters. The Bertz CT molecular complexity index is 1010. The van der Waals surface area contributed by atoms with Gasteiger partial charge in [0.1, 0.15) is 5.75 Å². The standard InChI is InChI=1S/C20H19N3O5/c1-12-8-9-14(20(25)26-3)10-16(12)22-19(24)15-6-4-5-7-17(15)27-11-18-21-13(2)28-23-18/h4-10H,11H2,1-3H3,(H,22,24). The van der Waals surface area contributed by atoms with Crippen molar-refractivity contribution in [1.82, 2.24) is 10.1 Å². The smallest absolute Gasteiger partial charge is 0.337 e. The van der Waals surface area contributed by atoms with E-state index in [9.17, 15) is 9.59 Å². The van der Waals surface area contributed by atoms with Gasteiger partial charge in [0, 0.05) is 12.6 Å².